The fourth-order valence-corrected chi connectivity index (χ4v) is 2.64. The Hall–Kier alpha value is -1.12. The van der Waals surface area contributed by atoms with Crippen LogP contribution >= 0.6 is 0 Å². The second-order valence-electron chi connectivity index (χ2n) is 4.58. The highest BCUT2D eigenvalue weighted by molar-refractivity contribution is 7.89. The molecule has 0 spiro atoms. The third-order valence-corrected chi connectivity index (χ3v) is 4.13. The first-order chi connectivity index (χ1) is 9.74. The summed E-state index contributed by atoms with van der Waals surface area (Å²) in [5.74, 6) is 0. The smallest absolute Gasteiger partial charge is 0.316 e. The van der Waals surface area contributed by atoms with Crippen LogP contribution in [0.15, 0.2) is 29.2 Å². The summed E-state index contributed by atoms with van der Waals surface area (Å²) in [5.41, 5.74) is 0.924. The van der Waals surface area contributed by atoms with Gasteiger partial charge in [-0.1, -0.05) is 19.1 Å². The molecule has 8 heteroatoms. The van der Waals surface area contributed by atoms with Crippen LogP contribution in [-0.2, 0) is 16.4 Å². The number of nitrogens with one attached hydrogen (secondary N) is 2. The van der Waals surface area contributed by atoms with Crippen LogP contribution in [0.1, 0.15) is 18.9 Å². The van der Waals surface area contributed by atoms with Gasteiger partial charge in [0.15, 0.2) is 0 Å². The zero-order valence-corrected chi connectivity index (χ0v) is 12.5. The van der Waals surface area contributed by atoms with E-state index in [-0.39, 0.29) is 4.90 Å². The first kappa shape index (κ1) is 17.9. The molecule has 0 radical (unpaired) electrons. The molecule has 0 saturated heterocycles. The summed E-state index contributed by atoms with van der Waals surface area (Å²) in [7, 11) is -4.12. The summed E-state index contributed by atoms with van der Waals surface area (Å²) in [6.07, 6.45) is -2.81. The molecule has 0 bridgehead atoms. The summed E-state index contributed by atoms with van der Waals surface area (Å²) in [5, 5.41) is 3.21. The van der Waals surface area contributed by atoms with Crippen LogP contribution in [0.4, 0.5) is 13.2 Å². The van der Waals surface area contributed by atoms with Gasteiger partial charge >= 0.3 is 6.18 Å². The maximum Gasteiger partial charge on any atom is 0.402 e. The number of alkyl halides is 3. The molecule has 120 valence electrons. The van der Waals surface area contributed by atoms with Gasteiger partial charge in [0.25, 0.3) is 0 Å². The van der Waals surface area contributed by atoms with E-state index < -0.39 is 22.7 Å². The molecule has 0 aliphatic rings. The number of rotatable bonds is 8. The predicted octanol–water partition coefficient (Wildman–Crippen LogP) is 2.07. The van der Waals surface area contributed by atoms with E-state index in [4.69, 9.17) is 0 Å². The zero-order chi connectivity index (χ0) is 15.9. The molecule has 0 amide bonds. The van der Waals surface area contributed by atoms with Crippen molar-refractivity contribution in [3.63, 3.8) is 0 Å². The van der Waals surface area contributed by atoms with E-state index in [1.807, 2.05) is 0 Å². The van der Waals surface area contributed by atoms with Gasteiger partial charge in [-0.3, -0.25) is 0 Å². The lowest BCUT2D eigenvalue weighted by molar-refractivity contribution is -0.121. The van der Waals surface area contributed by atoms with E-state index in [0.29, 0.717) is 0 Å². The summed E-state index contributed by atoms with van der Waals surface area (Å²) in [6, 6.07) is 5.84. The van der Waals surface area contributed by atoms with Crippen LogP contribution in [0.3, 0.4) is 0 Å². The van der Waals surface area contributed by atoms with E-state index >= 15 is 0 Å². The zero-order valence-electron chi connectivity index (χ0n) is 11.7. The quantitative estimate of drug-likeness (QED) is 0.720. The van der Waals surface area contributed by atoms with Crippen molar-refractivity contribution in [2.45, 2.75) is 30.8 Å². The molecule has 0 aromatic heterocycles. The Kier molecular flexibility index (Phi) is 6.63. The van der Waals surface area contributed by atoms with Crippen LogP contribution in [0.5, 0.6) is 0 Å². The van der Waals surface area contributed by atoms with Crippen LogP contribution in [0.2, 0.25) is 0 Å². The van der Waals surface area contributed by atoms with Gasteiger partial charge in [-0.2, -0.15) is 13.2 Å². The molecule has 0 unspecified atom stereocenters. The Balaban J connectivity index is 2.60. The molecule has 0 aliphatic carbocycles. The highest BCUT2D eigenvalue weighted by Crippen LogP contribution is 2.15. The molecule has 1 aromatic carbocycles. The van der Waals surface area contributed by atoms with Crippen molar-refractivity contribution in [2.24, 2.45) is 0 Å². The molecule has 0 fully saturated rings. The maximum absolute atomic E-state index is 12.0. The number of benzene rings is 1. The van der Waals surface area contributed by atoms with Crippen LogP contribution < -0.4 is 10.0 Å². The summed E-state index contributed by atoms with van der Waals surface area (Å²) >= 11 is 0. The van der Waals surface area contributed by atoms with Gasteiger partial charge in [0, 0.05) is 0 Å². The number of hydrogen-bond acceptors (Lipinski definition) is 3. The second-order valence-corrected chi connectivity index (χ2v) is 6.35. The molecular formula is C13H19F3N2O2S. The van der Waals surface area contributed by atoms with E-state index in [0.717, 1.165) is 31.5 Å². The van der Waals surface area contributed by atoms with Gasteiger partial charge in [0.2, 0.25) is 10.0 Å². The Labute approximate surface area is 122 Å². The third-order valence-electron chi connectivity index (χ3n) is 2.71. The average Bonchev–Trinajstić information content (AvgIpc) is 2.41. The van der Waals surface area contributed by atoms with E-state index in [1.165, 1.54) is 16.9 Å². The monoisotopic (exact) mass is 324 g/mol. The summed E-state index contributed by atoms with van der Waals surface area (Å²) < 4.78 is 61.0. The van der Waals surface area contributed by atoms with Gasteiger partial charge in [-0.25, -0.2) is 13.1 Å². The van der Waals surface area contributed by atoms with E-state index in [2.05, 4.69) is 12.2 Å². The minimum absolute atomic E-state index is 0.169. The predicted molar refractivity (Wildman–Crippen MR) is 74.6 cm³/mol. The van der Waals surface area contributed by atoms with E-state index in [9.17, 15) is 21.6 Å². The summed E-state index contributed by atoms with van der Waals surface area (Å²) in [6.45, 7) is 2.17. The SMILES string of the molecule is CCCNCCc1ccc(S(=O)(=O)NCC(F)(F)F)cc1. The van der Waals surface area contributed by atoms with Gasteiger partial charge in [0.05, 0.1) is 4.90 Å². The molecule has 1 rings (SSSR count). The van der Waals surface area contributed by atoms with Gasteiger partial charge in [-0.15, -0.1) is 0 Å². The fourth-order valence-electron chi connectivity index (χ4n) is 1.63. The normalized spacial score (nSPS) is 12.6. The maximum atomic E-state index is 12.0. The van der Waals surface area contributed by atoms with Crippen molar-refractivity contribution in [2.75, 3.05) is 19.6 Å². The third kappa shape index (κ3) is 6.92. The highest BCUT2D eigenvalue weighted by Gasteiger charge is 2.29. The largest absolute Gasteiger partial charge is 0.402 e. The Morgan fingerprint density at radius 3 is 2.24 bits per heavy atom. The minimum atomic E-state index is -4.57. The van der Waals surface area contributed by atoms with Crippen LogP contribution in [0.25, 0.3) is 0 Å². The molecule has 2 N–H and O–H groups in total. The lowest BCUT2D eigenvalue weighted by Gasteiger charge is -2.10. The molecule has 4 nitrogen and oxygen atoms in total. The molecule has 0 saturated carbocycles. The summed E-state index contributed by atoms with van der Waals surface area (Å²) in [4.78, 5) is -0.169. The van der Waals surface area contributed by atoms with Crippen molar-refractivity contribution < 1.29 is 21.6 Å². The van der Waals surface area contributed by atoms with Crippen LogP contribution in [-0.4, -0.2) is 34.2 Å². The molecule has 0 aliphatic heterocycles. The number of sulfonamides is 1. The van der Waals surface area contributed by atoms with Crippen molar-refractivity contribution in [1.82, 2.24) is 10.0 Å². The molecule has 21 heavy (non-hydrogen) atoms. The average molecular weight is 324 g/mol. The first-order valence-corrected chi connectivity index (χ1v) is 8.09. The first-order valence-electron chi connectivity index (χ1n) is 6.60. The second kappa shape index (κ2) is 7.77. The lowest BCUT2D eigenvalue weighted by Crippen LogP contribution is -2.33. The van der Waals surface area contributed by atoms with Gasteiger partial charge in [-0.05, 0) is 43.6 Å². The van der Waals surface area contributed by atoms with Crippen molar-refractivity contribution >= 4 is 10.0 Å². The molecule has 0 atom stereocenters. The van der Waals surface area contributed by atoms with E-state index in [1.54, 1.807) is 12.1 Å². The van der Waals surface area contributed by atoms with Crippen LogP contribution in [0, 0.1) is 0 Å². The minimum Gasteiger partial charge on any atom is -0.316 e. The Morgan fingerprint density at radius 1 is 1.10 bits per heavy atom. The Morgan fingerprint density at radius 2 is 1.71 bits per heavy atom. The van der Waals surface area contributed by atoms with Crippen molar-refractivity contribution in [3.05, 3.63) is 29.8 Å². The van der Waals surface area contributed by atoms with Gasteiger partial charge in [0.1, 0.15) is 6.54 Å². The topological polar surface area (TPSA) is 58.2 Å². The molecule has 1 aromatic rings. The van der Waals surface area contributed by atoms with Gasteiger partial charge < -0.3 is 5.32 Å². The molecule has 0 heterocycles. The fraction of sp³-hybridized carbons (Fsp3) is 0.538. The Bertz CT molecular complexity index is 527. The highest BCUT2D eigenvalue weighted by atomic mass is 32.2. The molecular weight excluding hydrogens is 305 g/mol. The lowest BCUT2D eigenvalue weighted by atomic mass is 10.1. The standard InChI is InChI=1S/C13H19F3N2O2S/c1-2-8-17-9-7-11-3-5-12(6-4-11)21(19,20)18-10-13(14,15)16/h3-6,17-18H,2,7-10H2,1H3. The number of hydrogen-bond donors (Lipinski definition) is 2. The van der Waals surface area contributed by atoms with Crippen molar-refractivity contribution in [1.29, 1.82) is 0 Å². The number of halogens is 3. The van der Waals surface area contributed by atoms with Crippen molar-refractivity contribution in [3.8, 4) is 0 Å².